The Hall–Kier alpha value is -2.10. The van der Waals surface area contributed by atoms with E-state index in [0.717, 1.165) is 0 Å². The van der Waals surface area contributed by atoms with Crippen LogP contribution in [0.1, 0.15) is 24.0 Å². The Kier molecular flexibility index (Phi) is 4.46. The fourth-order valence-electron chi connectivity index (χ4n) is 2.50. The summed E-state index contributed by atoms with van der Waals surface area (Å²) in [7, 11) is -3.00. The fraction of sp³-hybridized carbons (Fsp3) is 0.200. The van der Waals surface area contributed by atoms with Crippen molar-refractivity contribution in [1.82, 2.24) is 4.98 Å². The Morgan fingerprint density at radius 1 is 1.19 bits per heavy atom. The first kappa shape index (κ1) is 15.3. The van der Waals surface area contributed by atoms with E-state index in [4.69, 9.17) is 0 Å². The van der Waals surface area contributed by atoms with E-state index in [0.29, 0.717) is 11.1 Å². The smallest absolute Gasteiger partial charge is 0.477 e. The summed E-state index contributed by atoms with van der Waals surface area (Å²) >= 11 is 0. The van der Waals surface area contributed by atoms with Crippen molar-refractivity contribution in [3.63, 3.8) is 0 Å². The standard InChI is InChI=1S/C15H14NO4P/c1-11(12-7-9-16-10-8-12)15(14(17)18,21(19)20)13-5-3-2-4-6-13/h2-11H,1H3,(H-,17,18,19,20)/p+1. The van der Waals surface area contributed by atoms with Crippen LogP contribution in [-0.2, 0) is 14.5 Å². The molecule has 5 nitrogen and oxygen atoms in total. The summed E-state index contributed by atoms with van der Waals surface area (Å²) in [4.78, 5) is 25.6. The van der Waals surface area contributed by atoms with Crippen molar-refractivity contribution in [2.45, 2.75) is 18.0 Å². The van der Waals surface area contributed by atoms with Gasteiger partial charge in [-0.05, 0) is 22.3 Å². The van der Waals surface area contributed by atoms with Gasteiger partial charge in [-0.3, -0.25) is 4.98 Å². The second-order valence-electron chi connectivity index (χ2n) is 4.71. The van der Waals surface area contributed by atoms with E-state index in [1.807, 2.05) is 0 Å². The maximum Gasteiger partial charge on any atom is 0.529 e. The normalized spacial score (nSPS) is 15.8. The number of rotatable bonds is 5. The first-order valence-electron chi connectivity index (χ1n) is 6.36. The second-order valence-corrected chi connectivity index (χ2v) is 5.96. The minimum atomic E-state index is -3.00. The van der Waals surface area contributed by atoms with Crippen molar-refractivity contribution in [1.29, 1.82) is 0 Å². The molecule has 1 heterocycles. The van der Waals surface area contributed by atoms with Crippen molar-refractivity contribution in [3.8, 4) is 0 Å². The molecule has 0 aliphatic heterocycles. The molecule has 0 aliphatic rings. The highest BCUT2D eigenvalue weighted by Crippen LogP contribution is 2.54. The van der Waals surface area contributed by atoms with E-state index in [1.54, 1.807) is 49.4 Å². The van der Waals surface area contributed by atoms with E-state index >= 15 is 0 Å². The van der Waals surface area contributed by atoms with E-state index in [9.17, 15) is 19.4 Å². The van der Waals surface area contributed by atoms with Crippen LogP contribution in [0.15, 0.2) is 54.9 Å². The molecular weight excluding hydrogens is 289 g/mol. The average molecular weight is 304 g/mol. The first-order chi connectivity index (χ1) is 10.0. The van der Waals surface area contributed by atoms with Gasteiger partial charge in [-0.25, -0.2) is 4.79 Å². The van der Waals surface area contributed by atoms with Gasteiger partial charge in [-0.2, -0.15) is 4.89 Å². The van der Waals surface area contributed by atoms with E-state index in [2.05, 4.69) is 4.98 Å². The summed E-state index contributed by atoms with van der Waals surface area (Å²) in [5, 5.41) is 7.83. The van der Waals surface area contributed by atoms with Crippen LogP contribution < -0.4 is 0 Å². The average Bonchev–Trinajstić information content (AvgIpc) is 2.49. The SMILES string of the molecule is CC(c1ccncc1)C(C(=O)O)(c1ccccc1)[P+](=O)O. The molecule has 0 aliphatic carbocycles. The van der Waals surface area contributed by atoms with Gasteiger partial charge in [0.05, 0.1) is 0 Å². The van der Waals surface area contributed by atoms with Crippen molar-refractivity contribution >= 4 is 14.0 Å². The zero-order valence-corrected chi connectivity index (χ0v) is 12.3. The van der Waals surface area contributed by atoms with Gasteiger partial charge in [0, 0.05) is 23.9 Å². The molecule has 1 aromatic heterocycles. The first-order valence-corrected chi connectivity index (χ1v) is 7.57. The minimum Gasteiger partial charge on any atom is -0.477 e. The number of benzene rings is 1. The molecule has 108 valence electrons. The van der Waals surface area contributed by atoms with Crippen LogP contribution >= 0.6 is 8.03 Å². The molecule has 1 aromatic carbocycles. The van der Waals surface area contributed by atoms with Crippen LogP contribution in [0.5, 0.6) is 0 Å². The lowest BCUT2D eigenvalue weighted by Gasteiger charge is -2.24. The van der Waals surface area contributed by atoms with Crippen molar-refractivity contribution < 1.29 is 19.4 Å². The van der Waals surface area contributed by atoms with Crippen molar-refractivity contribution in [2.75, 3.05) is 0 Å². The Morgan fingerprint density at radius 2 is 1.76 bits per heavy atom. The number of aliphatic carboxylic acids is 1. The van der Waals surface area contributed by atoms with Gasteiger partial charge in [0.1, 0.15) is 0 Å². The van der Waals surface area contributed by atoms with Gasteiger partial charge in [-0.15, -0.1) is 0 Å². The molecule has 3 atom stereocenters. The Bertz CT molecular complexity index is 631. The molecule has 0 spiro atoms. The zero-order valence-electron chi connectivity index (χ0n) is 11.4. The summed E-state index contributed by atoms with van der Waals surface area (Å²) in [5.41, 5.74) is 0.957. The Morgan fingerprint density at radius 3 is 2.24 bits per heavy atom. The highest BCUT2D eigenvalue weighted by atomic mass is 31.1. The summed E-state index contributed by atoms with van der Waals surface area (Å²) in [6.45, 7) is 1.64. The highest BCUT2D eigenvalue weighted by molar-refractivity contribution is 7.41. The predicted octanol–water partition coefficient (Wildman–Crippen LogP) is 2.90. The zero-order chi connectivity index (χ0) is 15.5. The molecule has 3 unspecified atom stereocenters. The molecule has 0 saturated heterocycles. The van der Waals surface area contributed by atoms with Crippen LogP contribution in [0.2, 0.25) is 0 Å². The molecule has 0 fully saturated rings. The van der Waals surface area contributed by atoms with Crippen LogP contribution in [0, 0.1) is 0 Å². The second kappa shape index (κ2) is 6.12. The quantitative estimate of drug-likeness (QED) is 0.829. The van der Waals surface area contributed by atoms with Crippen LogP contribution in [0.4, 0.5) is 0 Å². The molecule has 0 amide bonds. The Labute approximate surface area is 123 Å². The van der Waals surface area contributed by atoms with Crippen molar-refractivity contribution in [3.05, 3.63) is 66.0 Å². The summed E-state index contributed by atoms with van der Waals surface area (Å²) < 4.78 is 12.0. The minimum absolute atomic E-state index is 0.311. The maximum absolute atomic E-state index is 12.0. The topological polar surface area (TPSA) is 87.5 Å². The molecule has 6 heteroatoms. The van der Waals surface area contributed by atoms with E-state index in [1.165, 1.54) is 12.4 Å². The van der Waals surface area contributed by atoms with Crippen LogP contribution in [0.3, 0.4) is 0 Å². The molecule has 2 aromatic rings. The number of aromatic nitrogens is 1. The van der Waals surface area contributed by atoms with Gasteiger partial charge in [-0.1, -0.05) is 37.3 Å². The summed E-state index contributed by atoms with van der Waals surface area (Å²) in [6, 6.07) is 11.5. The molecule has 0 radical (unpaired) electrons. The molecule has 0 bridgehead atoms. The number of hydrogen-bond acceptors (Lipinski definition) is 3. The third-order valence-corrected chi connectivity index (χ3v) is 5.11. The predicted molar refractivity (Wildman–Crippen MR) is 78.2 cm³/mol. The molecule has 0 saturated carbocycles. The van der Waals surface area contributed by atoms with Gasteiger partial charge >= 0.3 is 19.2 Å². The largest absolute Gasteiger partial charge is 0.529 e. The lowest BCUT2D eigenvalue weighted by molar-refractivity contribution is -0.141. The number of hydrogen-bond donors (Lipinski definition) is 2. The van der Waals surface area contributed by atoms with Gasteiger partial charge in [0.15, 0.2) is 0 Å². The number of pyridine rings is 1. The lowest BCUT2D eigenvalue weighted by Crippen LogP contribution is -2.37. The molecule has 2 rings (SSSR count). The summed E-state index contributed by atoms with van der Waals surface area (Å²) in [5.74, 6) is -2.00. The monoisotopic (exact) mass is 304 g/mol. The van der Waals surface area contributed by atoms with Gasteiger partial charge < -0.3 is 5.11 Å². The van der Waals surface area contributed by atoms with Gasteiger partial charge in [0.2, 0.25) is 0 Å². The van der Waals surface area contributed by atoms with Crippen LogP contribution in [-0.4, -0.2) is 21.0 Å². The lowest BCUT2D eigenvalue weighted by atomic mass is 9.82. The molecular formula is C15H15NO4P+. The van der Waals surface area contributed by atoms with Crippen LogP contribution in [0.25, 0.3) is 0 Å². The number of carboxylic acid groups (broad SMARTS) is 1. The van der Waals surface area contributed by atoms with E-state index < -0.39 is 25.1 Å². The number of carboxylic acids is 1. The Balaban J connectivity index is 2.67. The number of nitrogens with zero attached hydrogens (tertiary/aromatic N) is 1. The van der Waals surface area contributed by atoms with Crippen molar-refractivity contribution in [2.24, 2.45) is 0 Å². The molecule has 21 heavy (non-hydrogen) atoms. The number of carbonyl (C=O) groups is 1. The highest BCUT2D eigenvalue weighted by Gasteiger charge is 2.62. The fourth-order valence-corrected chi connectivity index (χ4v) is 3.52. The van der Waals surface area contributed by atoms with E-state index in [-0.39, 0.29) is 0 Å². The maximum atomic E-state index is 12.0. The molecule has 2 N–H and O–H groups in total. The third-order valence-electron chi connectivity index (χ3n) is 3.67. The summed E-state index contributed by atoms with van der Waals surface area (Å²) in [6.07, 6.45) is 3.07. The van der Waals surface area contributed by atoms with Gasteiger partial charge in [0.25, 0.3) is 0 Å². The third kappa shape index (κ3) is 2.58.